The summed E-state index contributed by atoms with van der Waals surface area (Å²) in [6, 6.07) is -1.26. The molecule has 1 fully saturated rings. The van der Waals surface area contributed by atoms with Crippen molar-refractivity contribution in [1.29, 1.82) is 0 Å². The Labute approximate surface area is 342 Å². The van der Waals surface area contributed by atoms with Crippen molar-refractivity contribution in [1.82, 2.24) is 5.32 Å². The highest BCUT2D eigenvalue weighted by Crippen LogP contribution is 2.47. The van der Waals surface area contributed by atoms with Crippen LogP contribution in [-0.4, -0.2) is 108 Å². The van der Waals surface area contributed by atoms with Crippen molar-refractivity contribution >= 4 is 13.7 Å². The minimum absolute atomic E-state index is 0.263. The molecular formula is C43H78NO12P. The molecule has 332 valence electrons. The van der Waals surface area contributed by atoms with Crippen molar-refractivity contribution in [2.45, 2.75) is 210 Å². The minimum Gasteiger partial charge on any atom is -0.393 e. The second kappa shape index (κ2) is 33.0. The van der Waals surface area contributed by atoms with Gasteiger partial charge in [0.2, 0.25) is 5.91 Å². The van der Waals surface area contributed by atoms with Gasteiger partial charge in [0.05, 0.1) is 31.3 Å². The number of hydrogen-bond acceptors (Lipinski definition) is 11. The number of nitrogens with one attached hydrogen (secondary N) is 1. The summed E-state index contributed by atoms with van der Waals surface area (Å²) in [7, 11) is -5.15. The zero-order valence-corrected chi connectivity index (χ0v) is 35.6. The number of carbonyl (C=O) groups is 1. The second-order valence-corrected chi connectivity index (χ2v) is 16.7. The van der Waals surface area contributed by atoms with E-state index in [1.54, 1.807) is 6.08 Å². The number of carbonyl (C=O) groups excluding carboxylic acids is 1. The van der Waals surface area contributed by atoms with Gasteiger partial charge in [-0.1, -0.05) is 133 Å². The van der Waals surface area contributed by atoms with E-state index in [9.17, 15) is 50.0 Å². The molecule has 0 aromatic rings. The average molecular weight is 832 g/mol. The maximum Gasteiger partial charge on any atom is 0.472 e. The predicted octanol–water partition coefficient (Wildman–Crippen LogP) is 6.36. The number of amides is 1. The average Bonchev–Trinajstić information content (AvgIpc) is 3.18. The van der Waals surface area contributed by atoms with E-state index in [1.165, 1.54) is 57.4 Å². The fraction of sp³-hybridized carbons (Fsp3) is 0.791. The van der Waals surface area contributed by atoms with Crippen LogP contribution in [0.2, 0.25) is 0 Å². The molecule has 8 unspecified atom stereocenters. The molecule has 1 amide bonds. The first-order valence-electron chi connectivity index (χ1n) is 21.7. The highest BCUT2D eigenvalue weighted by atomic mass is 31.2. The number of aliphatic hydroxyl groups is 7. The Morgan fingerprint density at radius 2 is 1.09 bits per heavy atom. The fourth-order valence-corrected chi connectivity index (χ4v) is 7.53. The lowest BCUT2D eigenvalue weighted by Gasteiger charge is -2.41. The summed E-state index contributed by atoms with van der Waals surface area (Å²) in [6.07, 6.45) is 23.7. The van der Waals surface area contributed by atoms with Gasteiger partial charge in [-0.2, -0.15) is 0 Å². The molecule has 0 aromatic carbocycles. The topological polar surface area (TPSA) is 226 Å². The van der Waals surface area contributed by atoms with Crippen LogP contribution >= 0.6 is 7.82 Å². The Balaban J connectivity index is 2.56. The van der Waals surface area contributed by atoms with Crippen molar-refractivity contribution in [2.75, 3.05) is 6.61 Å². The molecule has 8 atom stereocenters. The standard InChI is InChI=1S/C43H78NO12P/c1-3-5-7-9-11-13-15-16-17-18-19-20-21-22-24-26-28-30-34(45)32-37(47)44-35(36(46)31-29-27-25-23-14-12-10-8-6-4-2)33-55-57(53,54)56-43-41(51)39(49)38(48)40(50)42(43)52/h6,8,14,18-19,23,29,31,34-36,38-43,45-46,48-52H,3-5,7,9-13,15-17,20-22,24-28,30,32-33H2,1-2H3,(H,44,47)(H,53,54)/b8-6+,19-18-,23-14+,31-29+. The molecule has 0 spiro atoms. The Morgan fingerprint density at radius 1 is 0.632 bits per heavy atom. The van der Waals surface area contributed by atoms with Crippen molar-refractivity contribution in [3.05, 3.63) is 48.6 Å². The van der Waals surface area contributed by atoms with Crippen LogP contribution in [0.3, 0.4) is 0 Å². The van der Waals surface area contributed by atoms with Crippen molar-refractivity contribution in [3.8, 4) is 0 Å². The number of phosphoric acid groups is 1. The van der Waals surface area contributed by atoms with Crippen LogP contribution in [0.25, 0.3) is 0 Å². The van der Waals surface area contributed by atoms with E-state index in [2.05, 4.69) is 49.5 Å². The van der Waals surface area contributed by atoms with Crippen molar-refractivity contribution in [2.24, 2.45) is 0 Å². The molecule has 0 saturated heterocycles. The molecule has 0 heterocycles. The number of allylic oxidation sites excluding steroid dienone is 7. The van der Waals surface area contributed by atoms with E-state index in [4.69, 9.17) is 9.05 Å². The zero-order chi connectivity index (χ0) is 42.3. The molecule has 57 heavy (non-hydrogen) atoms. The lowest BCUT2D eigenvalue weighted by atomic mass is 9.85. The van der Waals surface area contributed by atoms with E-state index in [0.29, 0.717) is 19.3 Å². The Kier molecular flexibility index (Phi) is 30.9. The first-order chi connectivity index (χ1) is 27.3. The van der Waals surface area contributed by atoms with Crippen LogP contribution in [0.15, 0.2) is 48.6 Å². The number of phosphoric ester groups is 1. The summed E-state index contributed by atoms with van der Waals surface area (Å²) in [5, 5.41) is 74.1. The van der Waals surface area contributed by atoms with Gasteiger partial charge in [0.1, 0.15) is 36.6 Å². The summed E-state index contributed by atoms with van der Waals surface area (Å²) in [5.41, 5.74) is 0. The highest BCUT2D eigenvalue weighted by Gasteiger charge is 2.51. The van der Waals surface area contributed by atoms with E-state index >= 15 is 0 Å². The molecule has 0 radical (unpaired) electrons. The van der Waals surface area contributed by atoms with Gasteiger partial charge in [-0.05, 0) is 64.2 Å². The molecular weight excluding hydrogens is 753 g/mol. The van der Waals surface area contributed by atoms with E-state index in [-0.39, 0.29) is 6.42 Å². The number of hydrogen-bond donors (Lipinski definition) is 9. The van der Waals surface area contributed by atoms with Gasteiger partial charge in [0.25, 0.3) is 0 Å². The van der Waals surface area contributed by atoms with Gasteiger partial charge in [-0.25, -0.2) is 4.57 Å². The van der Waals surface area contributed by atoms with Gasteiger partial charge in [-0.3, -0.25) is 13.8 Å². The van der Waals surface area contributed by atoms with Crippen LogP contribution in [0.4, 0.5) is 0 Å². The minimum atomic E-state index is -5.15. The third-order valence-corrected chi connectivity index (χ3v) is 11.1. The van der Waals surface area contributed by atoms with Gasteiger partial charge < -0.3 is 46.0 Å². The molecule has 1 aliphatic carbocycles. The Hall–Kier alpha value is -1.74. The maximum atomic E-state index is 12.9. The van der Waals surface area contributed by atoms with Gasteiger partial charge in [0.15, 0.2) is 0 Å². The van der Waals surface area contributed by atoms with Gasteiger partial charge in [-0.15, -0.1) is 0 Å². The van der Waals surface area contributed by atoms with Crippen LogP contribution in [-0.2, 0) is 18.4 Å². The zero-order valence-electron chi connectivity index (χ0n) is 34.7. The molecule has 0 aromatic heterocycles. The molecule has 1 rings (SSSR count). The molecule has 1 saturated carbocycles. The SMILES string of the molecule is CC/C=C/CC/C=C/CC/C=C/C(O)C(COP(=O)(O)OC1C(O)C(O)C(O)C(O)C1O)NC(=O)CC(O)CCCCCCC/C=C\CCCCCCCCCC. The third-order valence-electron chi connectivity index (χ3n) is 10.1. The van der Waals surface area contributed by atoms with Crippen molar-refractivity contribution < 1.29 is 59.0 Å². The lowest BCUT2D eigenvalue weighted by molar-refractivity contribution is -0.220. The molecule has 1 aliphatic rings. The fourth-order valence-electron chi connectivity index (χ4n) is 6.57. The van der Waals surface area contributed by atoms with E-state index < -0.39 is 75.2 Å². The molecule has 0 aliphatic heterocycles. The summed E-state index contributed by atoms with van der Waals surface area (Å²) in [5.74, 6) is -0.616. The summed E-state index contributed by atoms with van der Waals surface area (Å²) in [4.78, 5) is 23.3. The first-order valence-corrected chi connectivity index (χ1v) is 23.2. The molecule has 0 bridgehead atoms. The number of aliphatic hydroxyl groups excluding tert-OH is 7. The van der Waals surface area contributed by atoms with Crippen LogP contribution in [0.1, 0.15) is 155 Å². The van der Waals surface area contributed by atoms with E-state index in [1.807, 2.05) is 6.08 Å². The predicted molar refractivity (Wildman–Crippen MR) is 224 cm³/mol. The molecule has 14 heteroatoms. The summed E-state index contributed by atoms with van der Waals surface area (Å²) in [6.45, 7) is 3.57. The van der Waals surface area contributed by atoms with Crippen LogP contribution in [0, 0.1) is 0 Å². The van der Waals surface area contributed by atoms with Gasteiger partial charge >= 0.3 is 7.82 Å². The molecule has 13 nitrogen and oxygen atoms in total. The largest absolute Gasteiger partial charge is 0.472 e. The second-order valence-electron chi connectivity index (χ2n) is 15.3. The normalized spacial score (nSPS) is 24.5. The highest BCUT2D eigenvalue weighted by molar-refractivity contribution is 7.47. The maximum absolute atomic E-state index is 12.9. The number of unbranched alkanes of at least 4 members (excludes halogenated alkanes) is 15. The van der Waals surface area contributed by atoms with Gasteiger partial charge in [0, 0.05) is 0 Å². The van der Waals surface area contributed by atoms with Crippen LogP contribution in [0.5, 0.6) is 0 Å². The first kappa shape index (κ1) is 53.3. The van der Waals surface area contributed by atoms with Crippen molar-refractivity contribution in [3.63, 3.8) is 0 Å². The van der Waals surface area contributed by atoms with E-state index in [0.717, 1.165) is 64.2 Å². The Morgan fingerprint density at radius 3 is 1.63 bits per heavy atom. The summed E-state index contributed by atoms with van der Waals surface area (Å²) < 4.78 is 22.7. The quantitative estimate of drug-likeness (QED) is 0.0196. The molecule has 9 N–H and O–H groups in total. The lowest BCUT2D eigenvalue weighted by Crippen LogP contribution is -2.64. The number of rotatable bonds is 34. The third kappa shape index (κ3) is 25.5. The summed E-state index contributed by atoms with van der Waals surface area (Å²) >= 11 is 0. The Bertz CT molecular complexity index is 1170. The monoisotopic (exact) mass is 832 g/mol. The smallest absolute Gasteiger partial charge is 0.393 e. The van der Waals surface area contributed by atoms with Crippen LogP contribution < -0.4 is 5.32 Å².